The molecule has 8 heteroatoms. The van der Waals surface area contributed by atoms with E-state index in [1.165, 1.54) is 10.6 Å². The molecule has 0 saturated heterocycles. The van der Waals surface area contributed by atoms with Gasteiger partial charge in [-0.25, -0.2) is 18.5 Å². The molecule has 0 spiro atoms. The van der Waals surface area contributed by atoms with Gasteiger partial charge >= 0.3 is 0 Å². The van der Waals surface area contributed by atoms with E-state index in [4.69, 9.17) is 21.5 Å². The molecule has 2 N–H and O–H groups in total. The van der Waals surface area contributed by atoms with Crippen LogP contribution in [0.5, 0.6) is 5.75 Å². The van der Waals surface area contributed by atoms with Crippen molar-refractivity contribution in [1.29, 1.82) is 0 Å². The molecule has 0 bridgehead atoms. The predicted octanol–water partition coefficient (Wildman–Crippen LogP) is 1.42. The molecule has 2 aromatic rings. The van der Waals surface area contributed by atoms with Gasteiger partial charge in [0, 0.05) is 0 Å². The quantitative estimate of drug-likeness (QED) is 0.926. The molecule has 98 valence electrons. The van der Waals surface area contributed by atoms with E-state index < -0.39 is 10.0 Å². The minimum Gasteiger partial charge on any atom is -0.489 e. The van der Waals surface area contributed by atoms with Crippen LogP contribution in [0.15, 0.2) is 23.4 Å². The highest BCUT2D eigenvalue weighted by Crippen LogP contribution is 2.24. The number of nitrogens with two attached hydrogens (primary N) is 1. The van der Waals surface area contributed by atoms with Gasteiger partial charge in [0.25, 0.3) is 10.0 Å². The van der Waals surface area contributed by atoms with Gasteiger partial charge < -0.3 is 4.74 Å². The van der Waals surface area contributed by atoms with Crippen molar-refractivity contribution in [2.24, 2.45) is 5.14 Å². The number of ether oxygens (including phenoxy) is 1. The summed E-state index contributed by atoms with van der Waals surface area (Å²) in [6.45, 7) is 3.73. The maximum absolute atomic E-state index is 11.5. The number of aromatic nitrogens is 2. The summed E-state index contributed by atoms with van der Waals surface area (Å²) in [7, 11) is -3.95. The monoisotopic (exact) mass is 289 g/mol. The van der Waals surface area contributed by atoms with E-state index in [0.717, 1.165) is 0 Å². The zero-order valence-electron chi connectivity index (χ0n) is 9.79. The third-order valence-corrected chi connectivity index (χ3v) is 3.45. The maximum Gasteiger partial charge on any atom is 0.257 e. The van der Waals surface area contributed by atoms with Crippen molar-refractivity contribution in [3.05, 3.63) is 23.5 Å². The Bertz CT molecular complexity index is 694. The van der Waals surface area contributed by atoms with Gasteiger partial charge in [-0.3, -0.25) is 4.40 Å². The molecule has 0 aliphatic heterocycles. The van der Waals surface area contributed by atoms with Gasteiger partial charge in [0.15, 0.2) is 10.2 Å². The lowest BCUT2D eigenvalue weighted by Gasteiger charge is -2.10. The third kappa shape index (κ3) is 2.43. The first-order valence-electron chi connectivity index (χ1n) is 5.16. The van der Waals surface area contributed by atoms with Crippen LogP contribution in [-0.4, -0.2) is 23.9 Å². The van der Waals surface area contributed by atoms with Crippen molar-refractivity contribution >= 4 is 27.3 Å². The Morgan fingerprint density at radius 3 is 2.67 bits per heavy atom. The highest BCUT2D eigenvalue weighted by atomic mass is 35.5. The Kier molecular flexibility index (Phi) is 3.22. The van der Waals surface area contributed by atoms with Crippen molar-refractivity contribution < 1.29 is 13.2 Å². The van der Waals surface area contributed by atoms with E-state index in [-0.39, 0.29) is 16.3 Å². The minimum absolute atomic E-state index is 0.0284. The number of rotatable bonds is 3. The second-order valence-electron chi connectivity index (χ2n) is 4.01. The molecular weight excluding hydrogens is 278 g/mol. The van der Waals surface area contributed by atoms with E-state index in [1.807, 2.05) is 13.8 Å². The molecule has 2 aromatic heterocycles. The molecule has 0 aromatic carbocycles. The molecule has 0 radical (unpaired) electrons. The fraction of sp³-hybridized carbons (Fsp3) is 0.300. The Balaban J connectivity index is 2.67. The van der Waals surface area contributed by atoms with E-state index in [9.17, 15) is 8.42 Å². The number of nitrogens with zero attached hydrogens (tertiary/aromatic N) is 2. The first-order chi connectivity index (χ1) is 8.29. The Morgan fingerprint density at radius 1 is 1.44 bits per heavy atom. The molecule has 0 atom stereocenters. The summed E-state index contributed by atoms with van der Waals surface area (Å²) in [6.07, 6.45) is 1.47. The fourth-order valence-electron chi connectivity index (χ4n) is 1.57. The highest BCUT2D eigenvalue weighted by molar-refractivity contribution is 7.89. The zero-order chi connectivity index (χ0) is 13.5. The standard InChI is InChI=1S/C10H12ClN3O3S/c1-6(2)17-7-3-4-8-13-9(11)10(14(8)5-7)18(12,15)16/h3-6H,1-2H3,(H2,12,15,16). The SMILES string of the molecule is CC(C)Oc1ccc2nc(Cl)c(S(N)(=O)=O)n2c1. The van der Waals surface area contributed by atoms with Crippen molar-refractivity contribution in [2.45, 2.75) is 25.0 Å². The number of sulfonamides is 1. The third-order valence-electron chi connectivity index (χ3n) is 2.15. The zero-order valence-corrected chi connectivity index (χ0v) is 11.4. The van der Waals surface area contributed by atoms with Gasteiger partial charge in [-0.1, -0.05) is 11.6 Å². The minimum atomic E-state index is -3.95. The molecule has 0 aliphatic rings. The molecule has 18 heavy (non-hydrogen) atoms. The molecule has 0 unspecified atom stereocenters. The van der Waals surface area contributed by atoms with Crippen molar-refractivity contribution in [1.82, 2.24) is 9.38 Å². The maximum atomic E-state index is 11.5. The van der Waals surface area contributed by atoms with Crippen LogP contribution < -0.4 is 9.88 Å². The van der Waals surface area contributed by atoms with E-state index in [1.54, 1.807) is 12.1 Å². The second kappa shape index (κ2) is 4.42. The fourth-order valence-corrected chi connectivity index (χ4v) is 2.77. The van der Waals surface area contributed by atoms with Gasteiger partial charge in [-0.15, -0.1) is 0 Å². The molecule has 0 amide bonds. The van der Waals surface area contributed by atoms with Gasteiger partial charge in [0.1, 0.15) is 11.4 Å². The van der Waals surface area contributed by atoms with Crippen LogP contribution in [0.3, 0.4) is 0 Å². The Morgan fingerprint density at radius 2 is 2.11 bits per heavy atom. The largest absolute Gasteiger partial charge is 0.489 e. The lowest BCUT2D eigenvalue weighted by atomic mass is 10.4. The molecule has 0 fully saturated rings. The lowest BCUT2D eigenvalue weighted by molar-refractivity contribution is 0.241. The van der Waals surface area contributed by atoms with Crippen LogP contribution in [-0.2, 0) is 10.0 Å². The number of primary sulfonamides is 1. The Labute approximate surface area is 109 Å². The van der Waals surface area contributed by atoms with Gasteiger partial charge in [0.05, 0.1) is 12.3 Å². The summed E-state index contributed by atoms with van der Waals surface area (Å²) in [5.41, 5.74) is 0.389. The van der Waals surface area contributed by atoms with Crippen LogP contribution in [0.25, 0.3) is 5.65 Å². The van der Waals surface area contributed by atoms with Crippen LogP contribution in [0, 0.1) is 0 Å². The predicted molar refractivity (Wildman–Crippen MR) is 67.3 cm³/mol. The average Bonchev–Trinajstić information content (AvgIpc) is 2.51. The first kappa shape index (κ1) is 13.1. The van der Waals surface area contributed by atoms with Crippen LogP contribution >= 0.6 is 11.6 Å². The summed E-state index contributed by atoms with van der Waals surface area (Å²) < 4.78 is 29.7. The van der Waals surface area contributed by atoms with Crippen molar-refractivity contribution in [2.75, 3.05) is 0 Å². The first-order valence-corrected chi connectivity index (χ1v) is 7.08. The summed E-state index contributed by atoms with van der Waals surface area (Å²) in [6, 6.07) is 3.30. The summed E-state index contributed by atoms with van der Waals surface area (Å²) in [4.78, 5) is 3.91. The highest BCUT2D eigenvalue weighted by Gasteiger charge is 2.21. The number of pyridine rings is 1. The number of hydrogen-bond donors (Lipinski definition) is 1. The van der Waals surface area contributed by atoms with Gasteiger partial charge in [-0.2, -0.15) is 0 Å². The molecule has 0 aliphatic carbocycles. The molecule has 6 nitrogen and oxygen atoms in total. The number of hydrogen-bond acceptors (Lipinski definition) is 4. The van der Waals surface area contributed by atoms with Crippen molar-refractivity contribution in [3.8, 4) is 5.75 Å². The average molecular weight is 290 g/mol. The number of fused-ring (bicyclic) bond motifs is 1. The number of halogens is 1. The van der Waals surface area contributed by atoms with Crippen LogP contribution in [0.4, 0.5) is 0 Å². The van der Waals surface area contributed by atoms with E-state index in [0.29, 0.717) is 11.4 Å². The smallest absolute Gasteiger partial charge is 0.257 e. The number of imidazole rings is 1. The second-order valence-corrected chi connectivity index (χ2v) is 5.85. The molecular formula is C10H12ClN3O3S. The van der Waals surface area contributed by atoms with Crippen molar-refractivity contribution in [3.63, 3.8) is 0 Å². The topological polar surface area (TPSA) is 86.7 Å². The van der Waals surface area contributed by atoms with E-state index >= 15 is 0 Å². The molecule has 0 saturated carbocycles. The summed E-state index contributed by atoms with van der Waals surface area (Å²) in [5, 5.41) is 4.71. The van der Waals surface area contributed by atoms with Crippen LogP contribution in [0.2, 0.25) is 5.15 Å². The van der Waals surface area contributed by atoms with Gasteiger partial charge in [-0.05, 0) is 26.0 Å². The lowest BCUT2D eigenvalue weighted by Crippen LogP contribution is -2.15. The molecule has 2 heterocycles. The van der Waals surface area contributed by atoms with Gasteiger partial charge in [0.2, 0.25) is 0 Å². The molecule has 2 rings (SSSR count). The van der Waals surface area contributed by atoms with Crippen LogP contribution in [0.1, 0.15) is 13.8 Å². The normalized spacial score (nSPS) is 12.3. The summed E-state index contributed by atoms with van der Waals surface area (Å²) in [5.74, 6) is 0.511. The van der Waals surface area contributed by atoms with E-state index in [2.05, 4.69) is 4.98 Å². The summed E-state index contributed by atoms with van der Waals surface area (Å²) >= 11 is 5.78. The Hall–Kier alpha value is -1.31.